The summed E-state index contributed by atoms with van der Waals surface area (Å²) in [6, 6.07) is 0. The molecular formula is C24H32O5. The number of carbonyl (C=O) groups is 1. The molecule has 2 N–H and O–H groups in total. The van der Waals surface area contributed by atoms with E-state index in [4.69, 9.17) is 14.6 Å². The van der Waals surface area contributed by atoms with Crippen LogP contribution >= 0.6 is 0 Å². The van der Waals surface area contributed by atoms with Gasteiger partial charge >= 0.3 is 5.97 Å². The molecule has 1 spiro atoms. The molecule has 1 aliphatic heterocycles. The number of allylic oxidation sites excluding steroid dienone is 1. The van der Waals surface area contributed by atoms with Gasteiger partial charge < -0.3 is 19.7 Å². The fraction of sp³-hybridized carbons (Fsp3) is 0.792. The predicted molar refractivity (Wildman–Crippen MR) is 107 cm³/mol. The van der Waals surface area contributed by atoms with E-state index in [-0.39, 0.29) is 16.6 Å². The molecule has 4 fully saturated rings. The number of carboxylic acid groups (broad SMARTS) is 1. The van der Waals surface area contributed by atoms with Crippen LogP contribution in [0.2, 0.25) is 0 Å². The van der Waals surface area contributed by atoms with E-state index in [0.29, 0.717) is 37.4 Å². The van der Waals surface area contributed by atoms with E-state index in [9.17, 15) is 9.90 Å². The standard InChI is InChI=1S/C24H32O5/c1-21-11-12-24(28-13-14-29-24)15-16(21)3-4-17-18(21)5-8-22(2)19(17)6-9-23(22,27)10-7-20(25)26/h3,17-19,27H,4-6,8-9,11-15H2,1-2H3,(H,25,26)/t17?,18?,19?,21?,22?,23-/m1/s1. The van der Waals surface area contributed by atoms with Crippen molar-refractivity contribution in [2.24, 2.45) is 28.6 Å². The third-order valence-corrected chi connectivity index (χ3v) is 9.45. The minimum atomic E-state index is -1.19. The fourth-order valence-electron chi connectivity index (χ4n) is 7.73. The van der Waals surface area contributed by atoms with Gasteiger partial charge in [-0.2, -0.15) is 0 Å². The highest BCUT2D eigenvalue weighted by Gasteiger charge is 2.64. The molecule has 158 valence electrons. The molecule has 6 atom stereocenters. The summed E-state index contributed by atoms with van der Waals surface area (Å²) in [6.45, 7) is 5.99. The van der Waals surface area contributed by atoms with Crippen molar-refractivity contribution in [1.82, 2.24) is 0 Å². The van der Waals surface area contributed by atoms with Crippen LogP contribution in [0.5, 0.6) is 0 Å². The minimum absolute atomic E-state index is 0.179. The molecule has 5 unspecified atom stereocenters. The van der Waals surface area contributed by atoms with Crippen LogP contribution in [0.4, 0.5) is 0 Å². The van der Waals surface area contributed by atoms with E-state index in [1.54, 1.807) is 0 Å². The van der Waals surface area contributed by atoms with E-state index < -0.39 is 11.6 Å². The van der Waals surface area contributed by atoms with Gasteiger partial charge in [0.2, 0.25) is 0 Å². The quantitative estimate of drug-likeness (QED) is 0.481. The van der Waals surface area contributed by atoms with Gasteiger partial charge in [-0.3, -0.25) is 0 Å². The second kappa shape index (κ2) is 6.33. The fourth-order valence-corrected chi connectivity index (χ4v) is 7.73. The lowest BCUT2D eigenvalue weighted by Gasteiger charge is -2.59. The summed E-state index contributed by atoms with van der Waals surface area (Å²) >= 11 is 0. The SMILES string of the molecule is CC12CCC3(CC1=CCC1C2CCC2(C)C1CC[C@@]2(O)C#CC(=O)O)OCCO3. The Morgan fingerprint density at radius 1 is 1.10 bits per heavy atom. The average molecular weight is 401 g/mol. The Kier molecular flexibility index (Phi) is 4.28. The first-order valence-corrected chi connectivity index (χ1v) is 11.2. The first kappa shape index (κ1) is 19.6. The van der Waals surface area contributed by atoms with Gasteiger partial charge in [0.05, 0.1) is 13.2 Å². The largest absolute Gasteiger partial charge is 0.472 e. The summed E-state index contributed by atoms with van der Waals surface area (Å²) in [6.07, 6.45) is 9.90. The molecule has 0 bridgehead atoms. The van der Waals surface area contributed by atoms with Crippen LogP contribution in [-0.2, 0) is 14.3 Å². The van der Waals surface area contributed by atoms with Crippen LogP contribution in [-0.4, -0.2) is 40.8 Å². The molecule has 0 aromatic heterocycles. The van der Waals surface area contributed by atoms with Crippen molar-refractivity contribution in [2.75, 3.05) is 13.2 Å². The molecular weight excluding hydrogens is 368 g/mol. The van der Waals surface area contributed by atoms with Crippen molar-refractivity contribution in [1.29, 1.82) is 0 Å². The number of aliphatic carboxylic acids is 1. The first-order valence-electron chi connectivity index (χ1n) is 11.2. The van der Waals surface area contributed by atoms with Crippen LogP contribution < -0.4 is 0 Å². The van der Waals surface area contributed by atoms with Crippen molar-refractivity contribution in [3.63, 3.8) is 0 Å². The molecule has 0 aromatic carbocycles. The van der Waals surface area contributed by atoms with Crippen molar-refractivity contribution in [3.8, 4) is 11.8 Å². The number of aliphatic hydroxyl groups is 1. The van der Waals surface area contributed by atoms with Crippen molar-refractivity contribution < 1.29 is 24.5 Å². The molecule has 3 saturated carbocycles. The smallest absolute Gasteiger partial charge is 0.382 e. The monoisotopic (exact) mass is 400 g/mol. The summed E-state index contributed by atoms with van der Waals surface area (Å²) in [5.74, 6) is 4.94. The molecule has 0 radical (unpaired) electrons. The molecule has 1 heterocycles. The topological polar surface area (TPSA) is 76.0 Å². The molecule has 4 aliphatic carbocycles. The number of hydrogen-bond donors (Lipinski definition) is 2. The van der Waals surface area contributed by atoms with Gasteiger partial charge in [0.1, 0.15) is 5.60 Å². The van der Waals surface area contributed by atoms with Crippen LogP contribution in [0.3, 0.4) is 0 Å². The summed E-state index contributed by atoms with van der Waals surface area (Å²) in [5.41, 5.74) is 0.174. The molecule has 1 saturated heterocycles. The van der Waals surface area contributed by atoms with Crippen molar-refractivity contribution in [2.45, 2.75) is 76.6 Å². The Morgan fingerprint density at radius 3 is 2.55 bits per heavy atom. The number of carboxylic acids is 1. The number of ether oxygens (including phenoxy) is 2. The lowest BCUT2D eigenvalue weighted by molar-refractivity contribution is -0.186. The number of hydrogen-bond acceptors (Lipinski definition) is 4. The zero-order valence-corrected chi connectivity index (χ0v) is 17.5. The van der Waals surface area contributed by atoms with Gasteiger partial charge in [-0.05, 0) is 61.7 Å². The van der Waals surface area contributed by atoms with Gasteiger partial charge in [-0.15, -0.1) is 0 Å². The van der Waals surface area contributed by atoms with Gasteiger partial charge in [-0.1, -0.05) is 31.4 Å². The van der Waals surface area contributed by atoms with Gasteiger partial charge in [-0.25, -0.2) is 4.79 Å². The highest BCUT2D eigenvalue weighted by molar-refractivity contribution is 5.86. The lowest BCUT2D eigenvalue weighted by atomic mass is 9.47. The van der Waals surface area contributed by atoms with Crippen LogP contribution in [0.15, 0.2) is 11.6 Å². The molecule has 0 amide bonds. The molecule has 5 rings (SSSR count). The maximum Gasteiger partial charge on any atom is 0.382 e. The van der Waals surface area contributed by atoms with Crippen molar-refractivity contribution >= 4 is 5.97 Å². The normalized spacial score (nSPS) is 47.4. The first-order chi connectivity index (χ1) is 13.7. The Balaban J connectivity index is 1.44. The second-order valence-electron chi connectivity index (χ2n) is 10.5. The molecule has 0 aromatic rings. The molecule has 5 heteroatoms. The van der Waals surface area contributed by atoms with Gasteiger partial charge in [0, 0.05) is 24.2 Å². The number of fused-ring (bicyclic) bond motifs is 5. The minimum Gasteiger partial charge on any atom is -0.472 e. The van der Waals surface area contributed by atoms with Crippen LogP contribution in [0.1, 0.15) is 65.2 Å². The summed E-state index contributed by atoms with van der Waals surface area (Å²) < 4.78 is 12.0. The second-order valence-corrected chi connectivity index (χ2v) is 10.5. The highest BCUT2D eigenvalue weighted by atomic mass is 16.7. The summed E-state index contributed by atoms with van der Waals surface area (Å²) in [5, 5.41) is 20.3. The van der Waals surface area contributed by atoms with Gasteiger partial charge in [0.15, 0.2) is 5.79 Å². The lowest BCUT2D eigenvalue weighted by Crippen LogP contribution is -2.55. The predicted octanol–water partition coefficient (Wildman–Crippen LogP) is 3.51. The third-order valence-electron chi connectivity index (χ3n) is 9.45. The summed E-state index contributed by atoms with van der Waals surface area (Å²) in [4.78, 5) is 11.0. The Morgan fingerprint density at radius 2 is 1.83 bits per heavy atom. The van der Waals surface area contributed by atoms with E-state index >= 15 is 0 Å². The zero-order chi connectivity index (χ0) is 20.5. The summed E-state index contributed by atoms with van der Waals surface area (Å²) in [7, 11) is 0. The Hall–Kier alpha value is -1.35. The van der Waals surface area contributed by atoms with E-state index in [1.165, 1.54) is 5.57 Å². The van der Waals surface area contributed by atoms with Gasteiger partial charge in [0.25, 0.3) is 0 Å². The molecule has 5 nitrogen and oxygen atoms in total. The van der Waals surface area contributed by atoms with Crippen molar-refractivity contribution in [3.05, 3.63) is 11.6 Å². The zero-order valence-electron chi connectivity index (χ0n) is 17.5. The Bertz CT molecular complexity index is 815. The van der Waals surface area contributed by atoms with E-state index in [1.807, 2.05) is 0 Å². The van der Waals surface area contributed by atoms with Crippen LogP contribution in [0.25, 0.3) is 0 Å². The van der Waals surface area contributed by atoms with E-state index in [0.717, 1.165) is 44.9 Å². The average Bonchev–Trinajstić information content (AvgIpc) is 3.24. The highest BCUT2D eigenvalue weighted by Crippen LogP contribution is 2.67. The third kappa shape index (κ3) is 2.69. The van der Waals surface area contributed by atoms with Crippen LogP contribution in [0, 0.1) is 40.4 Å². The Labute approximate surface area is 172 Å². The maximum absolute atomic E-state index is 11.3. The maximum atomic E-state index is 11.3. The number of rotatable bonds is 0. The van der Waals surface area contributed by atoms with E-state index in [2.05, 4.69) is 31.8 Å². The molecule has 5 aliphatic rings. The molecule has 29 heavy (non-hydrogen) atoms.